The van der Waals surface area contributed by atoms with Crippen LogP contribution in [0.5, 0.6) is 0 Å². The first kappa shape index (κ1) is 9.59. The lowest BCUT2D eigenvalue weighted by Gasteiger charge is -1.93. The van der Waals surface area contributed by atoms with Crippen molar-refractivity contribution in [1.82, 2.24) is 14.9 Å². The second-order valence-corrected chi connectivity index (χ2v) is 2.84. The molecule has 1 rings (SSSR count). The molecule has 1 aromatic rings. The minimum Gasteiger partial charge on any atom is -0.466 e. The van der Waals surface area contributed by atoms with E-state index < -0.39 is 5.97 Å². The number of ether oxygens (including phenoxy) is 1. The van der Waals surface area contributed by atoms with Crippen molar-refractivity contribution in [2.45, 2.75) is 5.16 Å². The van der Waals surface area contributed by atoms with Crippen LogP contribution in [0.25, 0.3) is 0 Å². The van der Waals surface area contributed by atoms with Gasteiger partial charge in [0.2, 0.25) is 5.16 Å². The van der Waals surface area contributed by atoms with Gasteiger partial charge < -0.3 is 10.6 Å². The molecule has 0 saturated carbocycles. The van der Waals surface area contributed by atoms with Crippen LogP contribution in [0.2, 0.25) is 0 Å². The van der Waals surface area contributed by atoms with Crippen LogP contribution < -0.4 is 5.84 Å². The van der Waals surface area contributed by atoms with E-state index in [2.05, 4.69) is 14.9 Å². The lowest BCUT2D eigenvalue weighted by Crippen LogP contribution is -2.07. The molecule has 2 N–H and O–H groups in total. The van der Waals surface area contributed by atoms with Crippen molar-refractivity contribution < 1.29 is 9.53 Å². The number of methoxy groups -OCH3 is 1. The van der Waals surface area contributed by atoms with E-state index in [4.69, 9.17) is 5.84 Å². The van der Waals surface area contributed by atoms with Crippen LogP contribution in [0.1, 0.15) is 0 Å². The fraction of sp³-hybridized carbons (Fsp3) is 0.167. The van der Waals surface area contributed by atoms with Gasteiger partial charge in [-0.1, -0.05) is 11.8 Å². The summed E-state index contributed by atoms with van der Waals surface area (Å²) in [5.41, 5.74) is 0. The third kappa shape index (κ3) is 2.79. The number of nitrogens with zero attached hydrogens (tertiary/aromatic N) is 3. The zero-order valence-electron chi connectivity index (χ0n) is 6.88. The summed E-state index contributed by atoms with van der Waals surface area (Å²) in [4.78, 5) is 10.6. The SMILES string of the molecule is COC(=O)/C=C/Sc1nncn1N. The highest BCUT2D eigenvalue weighted by atomic mass is 32.2. The molecule has 1 aromatic heterocycles. The number of nitrogen functional groups attached to an aromatic ring is 1. The molecule has 0 unspecified atom stereocenters. The lowest BCUT2D eigenvalue weighted by atomic mass is 10.7. The molecule has 0 aliphatic rings. The van der Waals surface area contributed by atoms with Crippen LogP contribution in [-0.4, -0.2) is 28.0 Å². The Hall–Kier alpha value is -1.50. The minimum atomic E-state index is -0.421. The molecular formula is C6H8N4O2S. The van der Waals surface area contributed by atoms with E-state index in [-0.39, 0.29) is 0 Å². The Morgan fingerprint density at radius 1 is 1.85 bits per heavy atom. The molecule has 0 atom stereocenters. The average molecular weight is 200 g/mol. The van der Waals surface area contributed by atoms with Crippen molar-refractivity contribution >= 4 is 17.7 Å². The largest absolute Gasteiger partial charge is 0.466 e. The van der Waals surface area contributed by atoms with Crippen molar-refractivity contribution in [3.8, 4) is 0 Å². The molecule has 0 saturated heterocycles. The quantitative estimate of drug-likeness (QED) is 0.314. The summed E-state index contributed by atoms with van der Waals surface area (Å²) < 4.78 is 5.64. The van der Waals surface area contributed by atoms with E-state index >= 15 is 0 Å². The van der Waals surface area contributed by atoms with Crippen LogP contribution in [0.3, 0.4) is 0 Å². The van der Waals surface area contributed by atoms with E-state index in [1.54, 1.807) is 0 Å². The van der Waals surface area contributed by atoms with E-state index in [9.17, 15) is 4.79 Å². The molecule has 0 amide bonds. The predicted molar refractivity (Wildman–Crippen MR) is 47.2 cm³/mol. The summed E-state index contributed by atoms with van der Waals surface area (Å²) in [5, 5.41) is 9.27. The number of carbonyl (C=O) groups excluding carboxylic acids is 1. The van der Waals surface area contributed by atoms with Gasteiger partial charge in [-0.05, 0) is 5.41 Å². The summed E-state index contributed by atoms with van der Waals surface area (Å²) in [6, 6.07) is 0. The van der Waals surface area contributed by atoms with Crippen molar-refractivity contribution in [3.63, 3.8) is 0 Å². The fourth-order valence-electron chi connectivity index (χ4n) is 0.535. The fourth-order valence-corrected chi connectivity index (χ4v) is 1.10. The first-order chi connectivity index (χ1) is 6.24. The highest BCUT2D eigenvalue weighted by Gasteiger charge is 1.98. The maximum Gasteiger partial charge on any atom is 0.330 e. The Morgan fingerprint density at radius 3 is 3.15 bits per heavy atom. The molecule has 0 aromatic carbocycles. The molecule has 7 heteroatoms. The Morgan fingerprint density at radius 2 is 2.62 bits per heavy atom. The number of carbonyl (C=O) groups is 1. The molecule has 6 nitrogen and oxygen atoms in total. The van der Waals surface area contributed by atoms with E-state index in [1.807, 2.05) is 0 Å². The number of esters is 1. The molecule has 0 spiro atoms. The van der Waals surface area contributed by atoms with E-state index in [1.165, 1.54) is 41.4 Å². The Labute approximate surface area is 78.7 Å². The normalized spacial score (nSPS) is 10.5. The van der Waals surface area contributed by atoms with E-state index in [0.717, 1.165) is 0 Å². The second kappa shape index (κ2) is 4.51. The molecule has 70 valence electrons. The monoisotopic (exact) mass is 200 g/mol. The van der Waals surface area contributed by atoms with Gasteiger partial charge in [0.15, 0.2) is 0 Å². The zero-order chi connectivity index (χ0) is 9.68. The van der Waals surface area contributed by atoms with E-state index in [0.29, 0.717) is 5.16 Å². The molecule has 1 heterocycles. The summed E-state index contributed by atoms with van der Waals surface area (Å²) in [6.07, 6.45) is 2.65. The van der Waals surface area contributed by atoms with Gasteiger partial charge >= 0.3 is 5.97 Å². The van der Waals surface area contributed by atoms with Gasteiger partial charge in [0.25, 0.3) is 0 Å². The maximum absolute atomic E-state index is 10.6. The molecular weight excluding hydrogens is 192 g/mol. The molecule has 0 fully saturated rings. The third-order valence-electron chi connectivity index (χ3n) is 1.12. The smallest absolute Gasteiger partial charge is 0.330 e. The Bertz CT molecular complexity index is 322. The maximum atomic E-state index is 10.6. The van der Waals surface area contributed by atoms with Gasteiger partial charge in [-0.15, -0.1) is 10.2 Å². The zero-order valence-corrected chi connectivity index (χ0v) is 7.69. The van der Waals surface area contributed by atoms with Gasteiger partial charge in [0.1, 0.15) is 6.33 Å². The van der Waals surface area contributed by atoms with Gasteiger partial charge in [-0.3, -0.25) is 0 Å². The van der Waals surface area contributed by atoms with Crippen molar-refractivity contribution in [2.75, 3.05) is 13.0 Å². The Balaban J connectivity index is 2.48. The van der Waals surface area contributed by atoms with Crippen molar-refractivity contribution in [3.05, 3.63) is 17.8 Å². The highest BCUT2D eigenvalue weighted by Crippen LogP contribution is 2.13. The third-order valence-corrected chi connectivity index (χ3v) is 1.89. The van der Waals surface area contributed by atoms with Crippen molar-refractivity contribution in [1.29, 1.82) is 0 Å². The van der Waals surface area contributed by atoms with Crippen LogP contribution in [0.15, 0.2) is 23.0 Å². The number of rotatable bonds is 3. The molecule has 0 bridgehead atoms. The number of hydrogen-bond acceptors (Lipinski definition) is 6. The van der Waals surface area contributed by atoms with Gasteiger partial charge in [0, 0.05) is 6.08 Å². The number of nitrogens with two attached hydrogens (primary N) is 1. The topological polar surface area (TPSA) is 83.0 Å². The second-order valence-electron chi connectivity index (χ2n) is 1.96. The minimum absolute atomic E-state index is 0.421. The molecule has 0 radical (unpaired) electrons. The summed E-state index contributed by atoms with van der Waals surface area (Å²) in [7, 11) is 1.31. The summed E-state index contributed by atoms with van der Waals surface area (Å²) >= 11 is 1.18. The van der Waals surface area contributed by atoms with Gasteiger partial charge in [0.05, 0.1) is 7.11 Å². The summed E-state index contributed by atoms with van der Waals surface area (Å²) in [5.74, 6) is 4.99. The molecule has 0 aliphatic carbocycles. The molecule has 0 aliphatic heterocycles. The molecule has 13 heavy (non-hydrogen) atoms. The van der Waals surface area contributed by atoms with Crippen LogP contribution in [-0.2, 0) is 9.53 Å². The highest BCUT2D eigenvalue weighted by molar-refractivity contribution is 8.02. The first-order valence-electron chi connectivity index (χ1n) is 3.30. The number of hydrogen-bond donors (Lipinski definition) is 1. The van der Waals surface area contributed by atoms with Crippen molar-refractivity contribution in [2.24, 2.45) is 0 Å². The lowest BCUT2D eigenvalue weighted by molar-refractivity contribution is -0.134. The summed E-state index contributed by atoms with van der Waals surface area (Å²) in [6.45, 7) is 0. The van der Waals surface area contributed by atoms with Gasteiger partial charge in [-0.25, -0.2) is 9.47 Å². The Kier molecular flexibility index (Phi) is 3.32. The van der Waals surface area contributed by atoms with Crippen LogP contribution >= 0.6 is 11.8 Å². The number of thioether (sulfide) groups is 1. The van der Waals surface area contributed by atoms with Crippen LogP contribution in [0, 0.1) is 0 Å². The standard InChI is InChI=1S/C6H8N4O2S/c1-12-5(11)2-3-13-6-9-8-4-10(6)7/h2-4H,7H2,1H3/b3-2+. The first-order valence-corrected chi connectivity index (χ1v) is 4.18. The predicted octanol–water partition coefficient (Wildman–Crippen LogP) is -0.229. The average Bonchev–Trinajstić information content (AvgIpc) is 2.52. The van der Waals surface area contributed by atoms with Gasteiger partial charge in [-0.2, -0.15) is 0 Å². The number of aromatic nitrogens is 3. The van der Waals surface area contributed by atoms with Crippen LogP contribution in [0.4, 0.5) is 0 Å².